The fraction of sp³-hybridized carbons (Fsp3) is 0.800. The Morgan fingerprint density at radius 1 is 1.56 bits per heavy atom. The molecule has 2 amide bonds. The molecule has 2 unspecified atom stereocenters. The van der Waals surface area contributed by atoms with E-state index in [1.54, 1.807) is 7.11 Å². The number of likely N-dealkylation sites (N-methyl/N-ethyl adjacent to an activating group) is 1. The zero-order valence-electron chi connectivity index (χ0n) is 9.73. The molecule has 0 bridgehead atoms. The van der Waals surface area contributed by atoms with Crippen LogP contribution in [0.25, 0.3) is 0 Å². The summed E-state index contributed by atoms with van der Waals surface area (Å²) in [4.78, 5) is 24.2. The second-order valence-electron chi connectivity index (χ2n) is 3.87. The summed E-state index contributed by atoms with van der Waals surface area (Å²) in [5.41, 5.74) is 5.08. The van der Waals surface area contributed by atoms with Crippen LogP contribution in [0, 0.1) is 0 Å². The molecule has 1 saturated heterocycles. The molecule has 0 spiro atoms. The third-order valence-corrected chi connectivity index (χ3v) is 2.76. The minimum absolute atomic E-state index is 0.0227. The SMILES string of the molecule is CCN(CC(N)=O)C(=O)C1CC(OC)CN1. The van der Waals surface area contributed by atoms with Gasteiger partial charge >= 0.3 is 0 Å². The number of rotatable bonds is 5. The highest BCUT2D eigenvalue weighted by atomic mass is 16.5. The van der Waals surface area contributed by atoms with Crippen LogP contribution in [-0.4, -0.2) is 55.6 Å². The van der Waals surface area contributed by atoms with E-state index >= 15 is 0 Å². The molecule has 6 nitrogen and oxygen atoms in total. The van der Waals surface area contributed by atoms with Crippen LogP contribution in [0.3, 0.4) is 0 Å². The quantitative estimate of drug-likeness (QED) is 0.613. The Morgan fingerprint density at radius 3 is 2.69 bits per heavy atom. The Labute approximate surface area is 95.1 Å². The van der Waals surface area contributed by atoms with Gasteiger partial charge in [-0.2, -0.15) is 0 Å². The van der Waals surface area contributed by atoms with Gasteiger partial charge in [-0.25, -0.2) is 0 Å². The van der Waals surface area contributed by atoms with Crippen molar-refractivity contribution in [1.82, 2.24) is 10.2 Å². The van der Waals surface area contributed by atoms with Gasteiger partial charge in [0.25, 0.3) is 0 Å². The number of carbonyl (C=O) groups excluding carboxylic acids is 2. The first-order chi connectivity index (χ1) is 7.58. The minimum atomic E-state index is -0.489. The zero-order chi connectivity index (χ0) is 12.1. The van der Waals surface area contributed by atoms with E-state index in [9.17, 15) is 9.59 Å². The van der Waals surface area contributed by atoms with E-state index in [1.165, 1.54) is 4.90 Å². The summed E-state index contributed by atoms with van der Waals surface area (Å²) in [7, 11) is 1.63. The molecule has 0 aliphatic carbocycles. The number of nitrogens with one attached hydrogen (secondary N) is 1. The van der Waals surface area contributed by atoms with Crippen LogP contribution in [0.4, 0.5) is 0 Å². The lowest BCUT2D eigenvalue weighted by Crippen LogP contribution is -2.46. The van der Waals surface area contributed by atoms with Crippen molar-refractivity contribution < 1.29 is 14.3 Å². The van der Waals surface area contributed by atoms with Gasteiger partial charge in [-0.1, -0.05) is 0 Å². The average molecular weight is 229 g/mol. The number of methoxy groups -OCH3 is 1. The zero-order valence-corrected chi connectivity index (χ0v) is 9.73. The summed E-state index contributed by atoms with van der Waals surface area (Å²) in [5, 5.41) is 3.08. The number of hydrogen-bond donors (Lipinski definition) is 2. The Morgan fingerprint density at radius 2 is 2.25 bits per heavy atom. The minimum Gasteiger partial charge on any atom is -0.380 e. The molecule has 0 aromatic carbocycles. The molecule has 0 saturated carbocycles. The second-order valence-corrected chi connectivity index (χ2v) is 3.87. The number of nitrogens with two attached hydrogens (primary N) is 1. The van der Waals surface area contributed by atoms with Gasteiger partial charge in [-0.05, 0) is 13.3 Å². The first-order valence-corrected chi connectivity index (χ1v) is 5.41. The van der Waals surface area contributed by atoms with Crippen LogP contribution in [0.15, 0.2) is 0 Å². The van der Waals surface area contributed by atoms with Gasteiger partial charge in [0, 0.05) is 20.2 Å². The number of primary amides is 1. The van der Waals surface area contributed by atoms with Crippen molar-refractivity contribution in [3.63, 3.8) is 0 Å². The number of amides is 2. The summed E-state index contributed by atoms with van der Waals surface area (Å²) in [6.07, 6.45) is 0.714. The normalized spacial score (nSPS) is 24.4. The third kappa shape index (κ3) is 3.18. The van der Waals surface area contributed by atoms with E-state index in [2.05, 4.69) is 5.32 Å². The van der Waals surface area contributed by atoms with Gasteiger partial charge < -0.3 is 20.7 Å². The van der Waals surface area contributed by atoms with Crippen molar-refractivity contribution >= 4 is 11.8 Å². The summed E-state index contributed by atoms with van der Waals surface area (Å²) in [6.45, 7) is 2.95. The monoisotopic (exact) mass is 229 g/mol. The molecule has 2 atom stereocenters. The summed E-state index contributed by atoms with van der Waals surface area (Å²) in [5.74, 6) is -0.572. The largest absolute Gasteiger partial charge is 0.380 e. The number of hydrogen-bond acceptors (Lipinski definition) is 4. The van der Waals surface area contributed by atoms with Gasteiger partial charge in [0.05, 0.1) is 18.7 Å². The molecular weight excluding hydrogens is 210 g/mol. The summed E-state index contributed by atoms with van der Waals surface area (Å²) in [6, 6.07) is -0.260. The summed E-state index contributed by atoms with van der Waals surface area (Å²) >= 11 is 0. The first kappa shape index (κ1) is 12.9. The molecule has 6 heteroatoms. The highest BCUT2D eigenvalue weighted by molar-refractivity contribution is 5.87. The van der Waals surface area contributed by atoms with Crippen LogP contribution < -0.4 is 11.1 Å². The first-order valence-electron chi connectivity index (χ1n) is 5.41. The van der Waals surface area contributed by atoms with Gasteiger partial charge in [0.15, 0.2) is 0 Å². The highest BCUT2D eigenvalue weighted by Gasteiger charge is 2.32. The molecule has 1 aliphatic rings. The van der Waals surface area contributed by atoms with Crippen LogP contribution in [0.5, 0.6) is 0 Å². The Kier molecular flexibility index (Phi) is 4.70. The van der Waals surface area contributed by atoms with Gasteiger partial charge in [-0.3, -0.25) is 9.59 Å². The van der Waals surface area contributed by atoms with Crippen LogP contribution in [0.2, 0.25) is 0 Å². The Hall–Kier alpha value is -1.14. The van der Waals surface area contributed by atoms with E-state index in [4.69, 9.17) is 10.5 Å². The molecule has 16 heavy (non-hydrogen) atoms. The van der Waals surface area contributed by atoms with Gasteiger partial charge in [0.1, 0.15) is 0 Å². The molecular formula is C10H19N3O3. The molecule has 1 heterocycles. The maximum Gasteiger partial charge on any atom is 0.240 e. The molecule has 1 fully saturated rings. The number of ether oxygens (including phenoxy) is 1. The lowest BCUT2D eigenvalue weighted by molar-refractivity contribution is -0.136. The van der Waals surface area contributed by atoms with Crippen molar-refractivity contribution in [1.29, 1.82) is 0 Å². The smallest absolute Gasteiger partial charge is 0.240 e. The lowest BCUT2D eigenvalue weighted by atomic mass is 10.2. The number of carbonyl (C=O) groups is 2. The third-order valence-electron chi connectivity index (χ3n) is 2.76. The van der Waals surface area contributed by atoms with E-state index < -0.39 is 5.91 Å². The van der Waals surface area contributed by atoms with Crippen molar-refractivity contribution in [2.24, 2.45) is 5.73 Å². The standard InChI is InChI=1S/C10H19N3O3/c1-3-13(6-9(11)14)10(15)8-4-7(16-2)5-12-8/h7-8,12H,3-6H2,1-2H3,(H2,11,14). The molecule has 0 aromatic rings. The molecule has 1 aliphatic heterocycles. The molecule has 0 aromatic heterocycles. The topological polar surface area (TPSA) is 84.7 Å². The fourth-order valence-electron chi connectivity index (χ4n) is 1.83. The molecule has 1 rings (SSSR count). The van der Waals surface area contributed by atoms with Crippen molar-refractivity contribution in [2.45, 2.75) is 25.5 Å². The second kappa shape index (κ2) is 5.81. The predicted molar refractivity (Wildman–Crippen MR) is 58.7 cm³/mol. The van der Waals surface area contributed by atoms with Crippen LogP contribution in [-0.2, 0) is 14.3 Å². The average Bonchev–Trinajstić information content (AvgIpc) is 2.73. The molecule has 3 N–H and O–H groups in total. The maximum absolute atomic E-state index is 12.0. The van der Waals surface area contributed by atoms with Gasteiger partial charge in [-0.15, -0.1) is 0 Å². The van der Waals surface area contributed by atoms with Crippen molar-refractivity contribution in [2.75, 3.05) is 26.7 Å². The maximum atomic E-state index is 12.0. The molecule has 92 valence electrons. The summed E-state index contributed by atoms with van der Waals surface area (Å²) < 4.78 is 5.16. The van der Waals surface area contributed by atoms with Crippen molar-refractivity contribution in [3.05, 3.63) is 0 Å². The Balaban J connectivity index is 2.52. The van der Waals surface area contributed by atoms with Crippen LogP contribution in [0.1, 0.15) is 13.3 Å². The van der Waals surface area contributed by atoms with E-state index in [0.29, 0.717) is 19.5 Å². The van der Waals surface area contributed by atoms with E-state index in [1.807, 2.05) is 6.92 Å². The predicted octanol–water partition coefficient (Wildman–Crippen LogP) is -1.30. The van der Waals surface area contributed by atoms with Crippen molar-refractivity contribution in [3.8, 4) is 0 Å². The molecule has 0 radical (unpaired) electrons. The fourth-order valence-corrected chi connectivity index (χ4v) is 1.83. The number of nitrogens with zero attached hydrogens (tertiary/aromatic N) is 1. The van der Waals surface area contributed by atoms with E-state index in [-0.39, 0.29) is 24.6 Å². The lowest BCUT2D eigenvalue weighted by Gasteiger charge is -2.22. The van der Waals surface area contributed by atoms with E-state index in [0.717, 1.165) is 0 Å². The highest BCUT2D eigenvalue weighted by Crippen LogP contribution is 2.11. The van der Waals surface area contributed by atoms with Crippen LogP contribution >= 0.6 is 0 Å². The Bertz CT molecular complexity index is 270. The van der Waals surface area contributed by atoms with Gasteiger partial charge in [0.2, 0.25) is 11.8 Å².